The minimum absolute atomic E-state index is 0.0797. The van der Waals surface area contributed by atoms with Crippen LogP contribution in [0.3, 0.4) is 0 Å². The van der Waals surface area contributed by atoms with Crippen molar-refractivity contribution >= 4 is 40.5 Å². The number of hydrogen-bond donors (Lipinski definition) is 0. The molecule has 10 heteroatoms. The molecule has 0 atom stereocenters. The third-order valence-electron chi connectivity index (χ3n) is 2.68. The maximum atomic E-state index is 12.6. The van der Waals surface area contributed by atoms with Crippen LogP contribution in [0.4, 0.5) is 18.9 Å². The van der Waals surface area contributed by atoms with Crippen molar-refractivity contribution in [2.75, 3.05) is 0 Å². The van der Waals surface area contributed by atoms with Crippen LogP contribution in [0.15, 0.2) is 30.3 Å². The van der Waals surface area contributed by atoms with Crippen molar-refractivity contribution in [2.24, 2.45) is 0 Å². The first-order valence-corrected chi connectivity index (χ1v) is 6.91. The fourth-order valence-corrected chi connectivity index (χ4v) is 2.25. The van der Waals surface area contributed by atoms with E-state index in [4.69, 9.17) is 39.5 Å². The van der Waals surface area contributed by atoms with Gasteiger partial charge in [0.15, 0.2) is 0 Å². The molecule has 0 radical (unpaired) electrons. The predicted octanol–water partition coefficient (Wildman–Crippen LogP) is 6.37. The number of hydrogen-bond acceptors (Lipinski definition) is 3. The van der Waals surface area contributed by atoms with Crippen LogP contribution in [0.2, 0.25) is 15.1 Å². The van der Waals surface area contributed by atoms with Crippen molar-refractivity contribution in [3.05, 3.63) is 61.1 Å². The molecule has 0 aliphatic heterocycles. The lowest BCUT2D eigenvalue weighted by molar-refractivity contribution is -0.384. The Kier molecular flexibility index (Phi) is 4.93. The third-order valence-corrected chi connectivity index (χ3v) is 3.57. The first kappa shape index (κ1) is 17.7. The van der Waals surface area contributed by atoms with Gasteiger partial charge in [0.1, 0.15) is 16.5 Å². The number of benzene rings is 2. The highest BCUT2D eigenvalue weighted by Crippen LogP contribution is 2.40. The molecule has 23 heavy (non-hydrogen) atoms. The SMILES string of the molecule is O=[N+]([O-])c1cc(Cl)c(Oc2ccc(C(F)(F)F)cc2Cl)cc1Cl. The van der Waals surface area contributed by atoms with E-state index in [1.54, 1.807) is 0 Å². The van der Waals surface area contributed by atoms with Gasteiger partial charge in [-0.1, -0.05) is 34.8 Å². The van der Waals surface area contributed by atoms with Crippen molar-refractivity contribution in [2.45, 2.75) is 6.18 Å². The summed E-state index contributed by atoms with van der Waals surface area (Å²) in [6, 6.07) is 4.53. The second-order valence-corrected chi connectivity index (χ2v) is 5.46. The van der Waals surface area contributed by atoms with E-state index >= 15 is 0 Å². The van der Waals surface area contributed by atoms with Gasteiger partial charge < -0.3 is 4.74 Å². The number of ether oxygens (including phenoxy) is 1. The minimum Gasteiger partial charge on any atom is -0.454 e. The summed E-state index contributed by atoms with van der Waals surface area (Å²) in [4.78, 5) is 9.99. The molecule has 0 fully saturated rings. The Labute approximate surface area is 142 Å². The van der Waals surface area contributed by atoms with Gasteiger partial charge in [-0.25, -0.2) is 0 Å². The average Bonchev–Trinajstić information content (AvgIpc) is 2.43. The predicted molar refractivity (Wildman–Crippen MR) is 79.6 cm³/mol. The Morgan fingerprint density at radius 3 is 2.09 bits per heavy atom. The number of nitro groups is 1. The van der Waals surface area contributed by atoms with Crippen LogP contribution >= 0.6 is 34.8 Å². The summed E-state index contributed by atoms with van der Waals surface area (Å²) in [5, 5.41) is 10.0. The van der Waals surface area contributed by atoms with E-state index in [9.17, 15) is 23.3 Å². The van der Waals surface area contributed by atoms with Gasteiger partial charge in [-0.3, -0.25) is 10.1 Å². The summed E-state index contributed by atoms with van der Waals surface area (Å²) in [5.74, 6) is -0.185. The summed E-state index contributed by atoms with van der Waals surface area (Å²) in [6.07, 6.45) is -4.55. The molecule has 0 saturated carbocycles. The molecular weight excluding hydrogens is 382 g/mol. The molecule has 4 nitrogen and oxygen atoms in total. The van der Waals surface area contributed by atoms with Gasteiger partial charge in [-0.15, -0.1) is 0 Å². The molecule has 2 aromatic carbocycles. The standard InChI is InChI=1S/C13H5Cl3F3NO3/c14-7-5-12(9(16)4-10(7)20(21)22)23-11-2-1-6(3-8(11)15)13(17,18)19/h1-5H. The lowest BCUT2D eigenvalue weighted by Crippen LogP contribution is -2.04. The van der Waals surface area contributed by atoms with E-state index in [1.807, 2.05) is 0 Å². The van der Waals surface area contributed by atoms with Gasteiger partial charge in [0, 0.05) is 12.1 Å². The maximum absolute atomic E-state index is 12.6. The zero-order valence-corrected chi connectivity index (χ0v) is 13.1. The van der Waals surface area contributed by atoms with Crippen LogP contribution in [-0.2, 0) is 6.18 Å². The highest BCUT2D eigenvalue weighted by molar-refractivity contribution is 6.36. The number of alkyl halides is 3. The molecule has 0 spiro atoms. The normalized spacial score (nSPS) is 11.4. The Balaban J connectivity index is 2.37. The molecule has 122 valence electrons. The Bertz CT molecular complexity index is 781. The highest BCUT2D eigenvalue weighted by atomic mass is 35.5. The van der Waals surface area contributed by atoms with Gasteiger partial charge in [0.25, 0.3) is 5.69 Å². The molecule has 0 aliphatic carbocycles. The largest absolute Gasteiger partial charge is 0.454 e. The van der Waals surface area contributed by atoms with E-state index < -0.39 is 22.4 Å². The maximum Gasteiger partial charge on any atom is 0.416 e. The number of nitro benzene ring substituents is 1. The second kappa shape index (κ2) is 6.43. The molecule has 2 rings (SSSR count). The Hall–Kier alpha value is -1.70. The molecule has 0 N–H and O–H groups in total. The quantitative estimate of drug-likeness (QED) is 0.455. The molecule has 0 saturated heterocycles. The average molecular weight is 387 g/mol. The zero-order chi connectivity index (χ0) is 17.4. The molecule has 0 bridgehead atoms. The minimum atomic E-state index is -4.55. The van der Waals surface area contributed by atoms with Gasteiger partial charge in [0.2, 0.25) is 0 Å². The Morgan fingerprint density at radius 2 is 1.57 bits per heavy atom. The first-order valence-electron chi connectivity index (χ1n) is 5.77. The van der Waals surface area contributed by atoms with E-state index in [1.165, 1.54) is 0 Å². The highest BCUT2D eigenvalue weighted by Gasteiger charge is 2.31. The molecule has 0 heterocycles. The summed E-state index contributed by atoms with van der Waals surface area (Å²) in [6.45, 7) is 0. The van der Waals surface area contributed by atoms with E-state index in [0.717, 1.165) is 24.3 Å². The lowest BCUT2D eigenvalue weighted by atomic mass is 10.2. The molecule has 0 aliphatic rings. The van der Waals surface area contributed by atoms with Crippen molar-refractivity contribution in [3.63, 3.8) is 0 Å². The fourth-order valence-electron chi connectivity index (χ4n) is 1.61. The number of halogens is 6. The van der Waals surface area contributed by atoms with Crippen molar-refractivity contribution in [3.8, 4) is 11.5 Å². The lowest BCUT2D eigenvalue weighted by Gasteiger charge is -2.12. The van der Waals surface area contributed by atoms with Crippen LogP contribution in [0.1, 0.15) is 5.56 Å². The van der Waals surface area contributed by atoms with E-state index in [2.05, 4.69) is 0 Å². The molecule has 0 unspecified atom stereocenters. The topological polar surface area (TPSA) is 52.4 Å². The van der Waals surface area contributed by atoms with Crippen molar-refractivity contribution in [1.29, 1.82) is 0 Å². The van der Waals surface area contributed by atoms with Gasteiger partial charge in [0.05, 0.1) is 20.5 Å². The molecular formula is C13H5Cl3F3NO3. The van der Waals surface area contributed by atoms with Crippen LogP contribution in [0, 0.1) is 10.1 Å². The molecule has 2 aromatic rings. The molecule has 0 amide bonds. The van der Waals surface area contributed by atoms with E-state index in [-0.39, 0.29) is 26.6 Å². The number of rotatable bonds is 3. The monoisotopic (exact) mass is 385 g/mol. The smallest absolute Gasteiger partial charge is 0.416 e. The van der Waals surface area contributed by atoms with Crippen molar-refractivity contribution < 1.29 is 22.8 Å². The number of nitrogens with zero attached hydrogens (tertiary/aromatic N) is 1. The summed E-state index contributed by atoms with van der Waals surface area (Å²) in [5.41, 5.74) is -1.37. The molecule has 0 aromatic heterocycles. The third kappa shape index (κ3) is 3.99. The zero-order valence-electron chi connectivity index (χ0n) is 10.8. The Morgan fingerprint density at radius 1 is 0.957 bits per heavy atom. The summed E-state index contributed by atoms with van der Waals surface area (Å²) in [7, 11) is 0. The van der Waals surface area contributed by atoms with Crippen LogP contribution in [0.25, 0.3) is 0 Å². The van der Waals surface area contributed by atoms with E-state index in [0.29, 0.717) is 6.07 Å². The first-order chi connectivity index (χ1) is 10.6. The van der Waals surface area contributed by atoms with Crippen LogP contribution in [0.5, 0.6) is 11.5 Å². The fraction of sp³-hybridized carbons (Fsp3) is 0.0769. The van der Waals surface area contributed by atoms with Crippen LogP contribution < -0.4 is 4.74 Å². The van der Waals surface area contributed by atoms with Gasteiger partial charge in [-0.2, -0.15) is 13.2 Å². The van der Waals surface area contributed by atoms with Gasteiger partial charge >= 0.3 is 6.18 Å². The summed E-state index contributed by atoms with van der Waals surface area (Å²) < 4.78 is 43.0. The van der Waals surface area contributed by atoms with Crippen LogP contribution in [-0.4, -0.2) is 4.92 Å². The second-order valence-electron chi connectivity index (χ2n) is 4.24. The van der Waals surface area contributed by atoms with Crippen molar-refractivity contribution in [1.82, 2.24) is 0 Å². The summed E-state index contributed by atoms with van der Waals surface area (Å²) >= 11 is 17.3. The van der Waals surface area contributed by atoms with Gasteiger partial charge in [-0.05, 0) is 18.2 Å².